The molecular weight excluding hydrogens is 394 g/mol. The summed E-state index contributed by atoms with van der Waals surface area (Å²) in [5.41, 5.74) is 4.25. The summed E-state index contributed by atoms with van der Waals surface area (Å²) in [6.07, 6.45) is 0.341. The van der Waals surface area contributed by atoms with Crippen LogP contribution in [0.5, 0.6) is 5.75 Å². The van der Waals surface area contributed by atoms with Gasteiger partial charge in [0, 0.05) is 30.7 Å². The van der Waals surface area contributed by atoms with Crippen molar-refractivity contribution in [1.82, 2.24) is 15.4 Å². The molecule has 4 rings (SSSR count). The van der Waals surface area contributed by atoms with Crippen LogP contribution in [0.4, 0.5) is 0 Å². The number of likely N-dealkylation sites (N-methyl/N-ethyl adjacent to an activating group) is 1. The van der Waals surface area contributed by atoms with E-state index in [2.05, 4.69) is 4.98 Å². The number of benzene rings is 2. The molecule has 0 unspecified atom stereocenters. The predicted molar refractivity (Wildman–Crippen MR) is 116 cm³/mol. The fourth-order valence-corrected chi connectivity index (χ4v) is 4.27. The monoisotopic (exact) mass is 419 g/mol. The summed E-state index contributed by atoms with van der Waals surface area (Å²) in [5, 5.41) is 10.1. The molecule has 160 valence electrons. The highest BCUT2D eigenvalue weighted by atomic mass is 16.5. The summed E-state index contributed by atoms with van der Waals surface area (Å²) < 4.78 is 6.08. The maximum atomic E-state index is 12.9. The number of hydrogen-bond acceptors (Lipinski definition) is 5. The lowest BCUT2D eigenvalue weighted by Crippen LogP contribution is -2.38. The zero-order valence-electron chi connectivity index (χ0n) is 17.8. The second-order valence-electron chi connectivity index (χ2n) is 8.16. The topological polar surface area (TPSA) is 91.8 Å². The summed E-state index contributed by atoms with van der Waals surface area (Å²) in [4.78, 5) is 31.1. The van der Waals surface area contributed by atoms with Gasteiger partial charge in [-0.15, -0.1) is 0 Å². The molecule has 2 atom stereocenters. The molecule has 1 heterocycles. The minimum atomic E-state index is -0.990. The quantitative estimate of drug-likeness (QED) is 0.473. The molecule has 0 aliphatic heterocycles. The third kappa shape index (κ3) is 3.72. The SMILES string of the molecule is Cc1cc(COc2cccc([C@@]3(C(=O)N(C)C)C[C@H]3C(=O)NO)c2)c2ccccc2n1. The first kappa shape index (κ1) is 20.8. The number of ether oxygens (including phenoxy) is 1. The van der Waals surface area contributed by atoms with Gasteiger partial charge in [-0.25, -0.2) is 5.48 Å². The number of hydrogen-bond donors (Lipinski definition) is 2. The van der Waals surface area contributed by atoms with Crippen LogP contribution in [0.3, 0.4) is 0 Å². The Hall–Kier alpha value is -3.45. The van der Waals surface area contributed by atoms with E-state index in [1.807, 2.05) is 61.5 Å². The molecule has 0 bridgehead atoms. The van der Waals surface area contributed by atoms with Gasteiger partial charge in [-0.2, -0.15) is 0 Å². The highest BCUT2D eigenvalue weighted by Crippen LogP contribution is 2.55. The molecule has 7 heteroatoms. The Morgan fingerprint density at radius 3 is 2.71 bits per heavy atom. The maximum absolute atomic E-state index is 12.9. The van der Waals surface area contributed by atoms with Crippen molar-refractivity contribution in [2.75, 3.05) is 14.1 Å². The van der Waals surface area contributed by atoms with E-state index in [4.69, 9.17) is 9.94 Å². The number of hydroxylamine groups is 1. The summed E-state index contributed by atoms with van der Waals surface area (Å²) >= 11 is 0. The molecule has 1 aromatic heterocycles. The van der Waals surface area contributed by atoms with Gasteiger partial charge >= 0.3 is 0 Å². The van der Waals surface area contributed by atoms with E-state index < -0.39 is 17.2 Å². The molecule has 1 saturated carbocycles. The number of para-hydroxylation sites is 1. The number of nitrogens with one attached hydrogen (secondary N) is 1. The molecule has 0 saturated heterocycles. The van der Waals surface area contributed by atoms with E-state index in [1.165, 1.54) is 4.90 Å². The van der Waals surface area contributed by atoms with E-state index >= 15 is 0 Å². The molecule has 3 aromatic rings. The largest absolute Gasteiger partial charge is 0.489 e. The first-order valence-electron chi connectivity index (χ1n) is 10.1. The summed E-state index contributed by atoms with van der Waals surface area (Å²) in [6.45, 7) is 2.30. The minimum absolute atomic E-state index is 0.172. The van der Waals surface area contributed by atoms with Crippen molar-refractivity contribution < 1.29 is 19.5 Å². The molecule has 0 radical (unpaired) electrons. The maximum Gasteiger partial charge on any atom is 0.247 e. The number of fused-ring (bicyclic) bond motifs is 1. The van der Waals surface area contributed by atoms with Crippen LogP contribution in [-0.4, -0.2) is 41.0 Å². The highest BCUT2D eigenvalue weighted by molar-refractivity contribution is 6.00. The number of nitrogens with zero attached hydrogens (tertiary/aromatic N) is 2. The Morgan fingerprint density at radius 1 is 1.19 bits per heavy atom. The van der Waals surface area contributed by atoms with Crippen molar-refractivity contribution in [3.05, 3.63) is 71.4 Å². The Morgan fingerprint density at radius 2 is 1.97 bits per heavy atom. The van der Waals surface area contributed by atoms with Crippen LogP contribution in [0, 0.1) is 12.8 Å². The molecule has 31 heavy (non-hydrogen) atoms. The number of aryl methyl sites for hydroxylation is 1. The first-order chi connectivity index (χ1) is 14.9. The average molecular weight is 419 g/mol. The van der Waals surface area contributed by atoms with Crippen LogP contribution < -0.4 is 10.2 Å². The predicted octanol–water partition coefficient (Wildman–Crippen LogP) is 2.97. The molecule has 2 aromatic carbocycles. The van der Waals surface area contributed by atoms with Crippen molar-refractivity contribution in [2.45, 2.75) is 25.4 Å². The second-order valence-corrected chi connectivity index (χ2v) is 8.16. The molecule has 2 amide bonds. The van der Waals surface area contributed by atoms with Gasteiger partial charge in [0.1, 0.15) is 12.4 Å². The normalized spacial score (nSPS) is 19.7. The highest BCUT2D eigenvalue weighted by Gasteiger charge is 2.65. The second kappa shape index (κ2) is 8.00. The van der Waals surface area contributed by atoms with Gasteiger partial charge in [0.05, 0.1) is 16.8 Å². The molecule has 1 aliphatic rings. The van der Waals surface area contributed by atoms with Crippen LogP contribution in [0.2, 0.25) is 0 Å². The number of pyridine rings is 1. The fraction of sp³-hybridized carbons (Fsp3) is 0.292. The first-order valence-corrected chi connectivity index (χ1v) is 10.1. The Bertz CT molecular complexity index is 1160. The molecule has 1 aliphatic carbocycles. The minimum Gasteiger partial charge on any atom is -0.489 e. The Labute approximate surface area is 180 Å². The van der Waals surface area contributed by atoms with Crippen LogP contribution in [0.15, 0.2) is 54.6 Å². The zero-order chi connectivity index (χ0) is 22.2. The van der Waals surface area contributed by atoms with Gasteiger partial charge in [-0.3, -0.25) is 19.8 Å². The van der Waals surface area contributed by atoms with Crippen molar-refractivity contribution in [2.24, 2.45) is 5.92 Å². The van der Waals surface area contributed by atoms with E-state index in [9.17, 15) is 9.59 Å². The third-order valence-electron chi connectivity index (χ3n) is 5.85. The van der Waals surface area contributed by atoms with Gasteiger partial charge in [0.15, 0.2) is 0 Å². The molecule has 0 spiro atoms. The van der Waals surface area contributed by atoms with Crippen LogP contribution in [-0.2, 0) is 21.6 Å². The lowest BCUT2D eigenvalue weighted by molar-refractivity contribution is -0.136. The number of carbonyl (C=O) groups is 2. The fourth-order valence-electron chi connectivity index (χ4n) is 4.27. The van der Waals surface area contributed by atoms with Gasteiger partial charge < -0.3 is 9.64 Å². The zero-order valence-corrected chi connectivity index (χ0v) is 17.8. The van der Waals surface area contributed by atoms with Crippen molar-refractivity contribution in [3.63, 3.8) is 0 Å². The van der Waals surface area contributed by atoms with Crippen molar-refractivity contribution in [3.8, 4) is 5.75 Å². The van der Waals surface area contributed by atoms with Gasteiger partial charge in [-0.05, 0) is 43.2 Å². The lowest BCUT2D eigenvalue weighted by atomic mass is 9.91. The van der Waals surface area contributed by atoms with E-state index in [1.54, 1.807) is 19.6 Å². The van der Waals surface area contributed by atoms with Crippen LogP contribution >= 0.6 is 0 Å². The number of carbonyl (C=O) groups excluding carboxylic acids is 2. The summed E-state index contributed by atoms with van der Waals surface area (Å²) in [6, 6.07) is 17.2. The van der Waals surface area contributed by atoms with Crippen LogP contribution in [0.25, 0.3) is 10.9 Å². The standard InChI is InChI=1S/C24H25N3O4/c1-15-11-16(19-9-4-5-10-21(19)25-15)14-31-18-8-6-7-17(12-18)24(23(29)27(2)3)13-20(24)22(28)26-30/h4-12,20,30H,13-14H2,1-3H3,(H,26,28)/t20-,24-/m0/s1. The number of amides is 2. The summed E-state index contributed by atoms with van der Waals surface area (Å²) in [7, 11) is 3.32. The number of rotatable bonds is 6. The van der Waals surface area contributed by atoms with Crippen LogP contribution in [0.1, 0.15) is 23.2 Å². The van der Waals surface area contributed by atoms with Crippen molar-refractivity contribution >= 4 is 22.7 Å². The molecule has 2 N–H and O–H groups in total. The average Bonchev–Trinajstić information content (AvgIpc) is 3.53. The van der Waals surface area contributed by atoms with E-state index in [0.29, 0.717) is 24.3 Å². The van der Waals surface area contributed by atoms with Gasteiger partial charge in [-0.1, -0.05) is 30.3 Å². The Balaban J connectivity index is 1.62. The van der Waals surface area contributed by atoms with E-state index in [-0.39, 0.29) is 5.91 Å². The number of aromatic nitrogens is 1. The molecular formula is C24H25N3O4. The summed E-state index contributed by atoms with van der Waals surface area (Å²) in [5.74, 6) is -0.735. The third-order valence-corrected chi connectivity index (χ3v) is 5.85. The smallest absolute Gasteiger partial charge is 0.247 e. The Kier molecular flexibility index (Phi) is 5.37. The van der Waals surface area contributed by atoms with Gasteiger partial charge in [0.25, 0.3) is 0 Å². The molecule has 1 fully saturated rings. The van der Waals surface area contributed by atoms with E-state index in [0.717, 1.165) is 22.2 Å². The molecule has 7 nitrogen and oxygen atoms in total. The lowest BCUT2D eigenvalue weighted by Gasteiger charge is -2.22. The van der Waals surface area contributed by atoms with Crippen molar-refractivity contribution in [1.29, 1.82) is 0 Å². The van der Waals surface area contributed by atoms with Gasteiger partial charge in [0.2, 0.25) is 11.8 Å².